The minimum atomic E-state index is -1.52. The van der Waals surface area contributed by atoms with Crippen molar-refractivity contribution in [2.45, 2.75) is 156 Å². The number of nitrogens with one attached hydrogen (secondary N) is 3. The Bertz CT molecular complexity index is 1090. The second-order valence-corrected chi connectivity index (χ2v) is 15.2. The van der Waals surface area contributed by atoms with Crippen molar-refractivity contribution in [3.05, 3.63) is 0 Å². The van der Waals surface area contributed by atoms with E-state index in [9.17, 15) is 14.4 Å². The summed E-state index contributed by atoms with van der Waals surface area (Å²) in [5.41, 5.74) is -4.87. The third kappa shape index (κ3) is 14.8. The van der Waals surface area contributed by atoms with Gasteiger partial charge in [0.1, 0.15) is 0 Å². The number of carbonyl (C=O) groups excluding carboxylic acids is 3. The molecule has 1 heterocycles. The fraction of sp³-hybridized carbons (Fsp3) is 0.833. The van der Waals surface area contributed by atoms with Gasteiger partial charge < -0.3 is 0 Å². The second kappa shape index (κ2) is 15.5. The molecule has 0 bridgehead atoms. The Morgan fingerprint density at radius 2 is 1.31 bits per heavy atom. The van der Waals surface area contributed by atoms with Crippen molar-refractivity contribution in [3.63, 3.8) is 0 Å². The summed E-state index contributed by atoms with van der Waals surface area (Å²) in [7, 11) is 0.600. The molecule has 0 saturated carbocycles. The standard InChI is InChI=1S/C30H54B2N4O9/c1-25(2,3)41-21(37)30(36-24(39)43-27(7,8)9,16-14-15-18-32-44-28(10,11)29(12,13)45-32)17-19-34-22(31-40-20-33)35-23(38)42-26(4,5)6/h34H,14-19H2,1-13H3,(H,35,38)(H,36,39). The first kappa shape index (κ1) is 40.0. The van der Waals surface area contributed by atoms with Gasteiger partial charge >= 0.3 is 243 Å². The van der Waals surface area contributed by atoms with Crippen LogP contribution in [0.1, 0.15) is 116 Å². The number of amides is 2. The van der Waals surface area contributed by atoms with Crippen LogP contribution >= 0.6 is 0 Å². The summed E-state index contributed by atoms with van der Waals surface area (Å²) in [5.74, 6) is -0.641. The van der Waals surface area contributed by atoms with Crippen molar-refractivity contribution in [1.29, 1.82) is 5.26 Å². The summed E-state index contributed by atoms with van der Waals surface area (Å²) in [6, 6.07) is 0. The maximum absolute atomic E-state index is 13.8. The molecule has 13 nitrogen and oxygen atoms in total. The summed E-state index contributed by atoms with van der Waals surface area (Å²) in [4.78, 5) is 39.3. The molecule has 1 unspecified atom stereocenters. The Hall–Kier alpha value is -2.98. The molecule has 0 radical (unpaired) electrons. The number of rotatable bonds is 13. The number of unbranched alkanes of at least 4 members (excludes halogenated alkanes) is 1. The normalized spacial score (nSPS) is 17.6. The number of hydrogen-bond donors (Lipinski definition) is 3. The zero-order valence-electron chi connectivity index (χ0n) is 29.5. The molecule has 1 atom stereocenters. The van der Waals surface area contributed by atoms with Crippen LogP contribution in [0.3, 0.4) is 0 Å². The number of alkyl carbamates (subject to hydrolysis) is 2. The molecule has 1 saturated heterocycles. The average Bonchev–Trinajstić information content (AvgIpc) is 3.02. The molecule has 45 heavy (non-hydrogen) atoms. The molecule has 0 aromatic carbocycles. The summed E-state index contributed by atoms with van der Waals surface area (Å²) in [6.07, 6.45) is 1.90. The van der Waals surface area contributed by atoms with Gasteiger partial charge in [-0.15, -0.1) is 0 Å². The maximum atomic E-state index is 13.8. The van der Waals surface area contributed by atoms with Crippen molar-refractivity contribution >= 4 is 38.1 Å². The van der Waals surface area contributed by atoms with E-state index < -0.39 is 58.8 Å². The van der Waals surface area contributed by atoms with Gasteiger partial charge in [0.05, 0.1) is 0 Å². The van der Waals surface area contributed by atoms with Crippen LogP contribution in [0.2, 0.25) is 6.32 Å². The van der Waals surface area contributed by atoms with E-state index >= 15 is 0 Å². The van der Waals surface area contributed by atoms with Crippen LogP contribution in [0, 0.1) is 11.5 Å². The Morgan fingerprint density at radius 3 is 1.80 bits per heavy atom. The average molecular weight is 636 g/mol. The van der Waals surface area contributed by atoms with Crippen LogP contribution in [0.25, 0.3) is 0 Å². The Kier molecular flexibility index (Phi) is 13.8. The molecule has 1 aliphatic rings. The summed E-state index contributed by atoms with van der Waals surface area (Å²) < 4.78 is 33.5. The molecule has 0 aliphatic carbocycles. The Balaban J connectivity index is 3.24. The van der Waals surface area contributed by atoms with E-state index in [1.54, 1.807) is 62.3 Å². The van der Waals surface area contributed by atoms with Gasteiger partial charge in [-0.2, -0.15) is 0 Å². The van der Waals surface area contributed by atoms with E-state index in [1.807, 2.05) is 27.7 Å². The number of carbonyl (C=O) groups is 3. The van der Waals surface area contributed by atoms with Gasteiger partial charge in [0.15, 0.2) is 0 Å². The molecule has 3 N–H and O–H groups in total. The predicted octanol–water partition coefficient (Wildman–Crippen LogP) is 4.56. The molecule has 2 amide bonds. The second-order valence-electron chi connectivity index (χ2n) is 15.2. The van der Waals surface area contributed by atoms with Gasteiger partial charge in [-0.25, -0.2) is 0 Å². The fourth-order valence-electron chi connectivity index (χ4n) is 4.23. The zero-order chi connectivity index (χ0) is 34.9. The molecular weight excluding hydrogens is 582 g/mol. The van der Waals surface area contributed by atoms with Crippen molar-refractivity contribution in [3.8, 4) is 6.26 Å². The summed E-state index contributed by atoms with van der Waals surface area (Å²) in [5, 5.41) is 17.1. The van der Waals surface area contributed by atoms with Crippen molar-refractivity contribution < 1.29 is 42.6 Å². The van der Waals surface area contributed by atoms with Crippen LogP contribution in [0.4, 0.5) is 9.59 Å². The van der Waals surface area contributed by atoms with Gasteiger partial charge in [-0.1, -0.05) is 0 Å². The fourth-order valence-corrected chi connectivity index (χ4v) is 4.23. The molecular formula is C30H54B2N4O9. The molecule has 0 spiro atoms. The zero-order valence-corrected chi connectivity index (χ0v) is 29.5. The first-order chi connectivity index (χ1) is 20.3. The van der Waals surface area contributed by atoms with Gasteiger partial charge in [-0.3, -0.25) is 0 Å². The number of esters is 1. The topological polar surface area (TPSA) is 166 Å². The first-order valence-electron chi connectivity index (χ1n) is 15.4. The van der Waals surface area contributed by atoms with E-state index in [4.69, 9.17) is 33.4 Å². The van der Waals surface area contributed by atoms with Gasteiger partial charge in [0.25, 0.3) is 0 Å². The van der Waals surface area contributed by atoms with Crippen LogP contribution in [-0.2, 0) is 33.0 Å². The third-order valence-corrected chi connectivity index (χ3v) is 6.86. The van der Waals surface area contributed by atoms with Crippen molar-refractivity contribution in [2.24, 2.45) is 0 Å². The Labute approximate surface area is 270 Å². The molecule has 254 valence electrons. The van der Waals surface area contributed by atoms with E-state index in [0.29, 0.717) is 19.2 Å². The van der Waals surface area contributed by atoms with Gasteiger partial charge in [0, 0.05) is 0 Å². The number of nitrogens with zero attached hydrogens (tertiary/aromatic N) is 1. The monoisotopic (exact) mass is 636 g/mol. The summed E-state index contributed by atoms with van der Waals surface area (Å²) >= 11 is 0. The minimum absolute atomic E-state index is 0.0157. The van der Waals surface area contributed by atoms with Crippen LogP contribution in [0.5, 0.6) is 0 Å². The predicted molar refractivity (Wildman–Crippen MR) is 172 cm³/mol. The molecule has 15 heteroatoms. The number of ether oxygens (including phenoxy) is 3. The molecule has 0 aromatic rings. The van der Waals surface area contributed by atoms with E-state index in [0.717, 1.165) is 7.12 Å². The van der Waals surface area contributed by atoms with E-state index in [2.05, 4.69) is 16.0 Å². The molecule has 1 fully saturated rings. The molecule has 1 aliphatic heterocycles. The quantitative estimate of drug-likeness (QED) is 0.0853. The summed E-state index contributed by atoms with van der Waals surface area (Å²) in [6.45, 7) is 23.5. The number of nitriles is 1. The van der Waals surface area contributed by atoms with Crippen molar-refractivity contribution in [2.75, 3.05) is 6.54 Å². The molecule has 1 rings (SSSR count). The first-order valence-corrected chi connectivity index (χ1v) is 15.4. The van der Waals surface area contributed by atoms with Crippen LogP contribution in [-0.4, -0.2) is 78.2 Å². The van der Waals surface area contributed by atoms with E-state index in [-0.39, 0.29) is 25.1 Å². The number of hydrogen-bond acceptors (Lipinski definition) is 11. The van der Waals surface area contributed by atoms with Gasteiger partial charge in [-0.05, 0) is 27.7 Å². The van der Waals surface area contributed by atoms with E-state index in [1.165, 1.54) is 6.26 Å². The van der Waals surface area contributed by atoms with Gasteiger partial charge in [0.2, 0.25) is 0 Å². The Morgan fingerprint density at radius 1 is 0.800 bits per heavy atom. The van der Waals surface area contributed by atoms with Crippen LogP contribution < -0.4 is 16.0 Å². The third-order valence-electron chi connectivity index (χ3n) is 6.86. The molecule has 0 aromatic heterocycles. The SMILES string of the molecule is CC(C)(C)OC(=O)NC(=BOC#N)NCCC(CCCCB1OC(C)(C)C(C)(C)O1)(NC(=O)OC(C)(C)C)C(=O)OC(C)(C)C. The van der Waals surface area contributed by atoms with Crippen molar-refractivity contribution in [1.82, 2.24) is 16.0 Å². The van der Waals surface area contributed by atoms with Crippen LogP contribution in [0.15, 0.2) is 0 Å².